The maximum Gasteiger partial charge on any atom is 0.0259 e. The second-order valence-electron chi connectivity index (χ2n) is 4.56. The third-order valence-electron chi connectivity index (χ3n) is 3.18. The van der Waals surface area contributed by atoms with Crippen molar-refractivity contribution in [1.82, 2.24) is 0 Å². The Labute approximate surface area is 110 Å². The van der Waals surface area contributed by atoms with E-state index < -0.39 is 0 Å². The highest BCUT2D eigenvalue weighted by Crippen LogP contribution is 2.35. The first kappa shape index (κ1) is 10.8. The SMILES string of the molecule is CC1=Cc2cc(Br)c(-c3ccccc3)cc2C1. The predicted octanol–water partition coefficient (Wildman–Crippen LogP) is 5.08. The first-order valence-electron chi connectivity index (χ1n) is 5.79. The van der Waals surface area contributed by atoms with Crippen molar-refractivity contribution in [1.29, 1.82) is 0 Å². The topological polar surface area (TPSA) is 0 Å². The zero-order chi connectivity index (χ0) is 11.8. The smallest absolute Gasteiger partial charge is 0.0259 e. The van der Waals surface area contributed by atoms with Crippen molar-refractivity contribution in [2.24, 2.45) is 0 Å². The van der Waals surface area contributed by atoms with Gasteiger partial charge in [-0.3, -0.25) is 0 Å². The lowest BCUT2D eigenvalue weighted by atomic mass is 10.0. The van der Waals surface area contributed by atoms with Gasteiger partial charge in [-0.25, -0.2) is 0 Å². The number of allylic oxidation sites excluding steroid dienone is 1. The van der Waals surface area contributed by atoms with Gasteiger partial charge in [0.05, 0.1) is 0 Å². The molecule has 0 aliphatic heterocycles. The monoisotopic (exact) mass is 284 g/mol. The summed E-state index contributed by atoms with van der Waals surface area (Å²) in [7, 11) is 0. The fourth-order valence-electron chi connectivity index (χ4n) is 2.38. The molecule has 0 amide bonds. The van der Waals surface area contributed by atoms with Crippen LogP contribution in [0.15, 0.2) is 52.5 Å². The second-order valence-corrected chi connectivity index (χ2v) is 5.42. The molecule has 0 nitrogen and oxygen atoms in total. The fraction of sp³-hybridized carbons (Fsp3) is 0.125. The second kappa shape index (κ2) is 4.15. The number of halogens is 1. The molecule has 0 radical (unpaired) electrons. The summed E-state index contributed by atoms with van der Waals surface area (Å²) in [6.45, 7) is 2.19. The highest BCUT2D eigenvalue weighted by atomic mass is 79.9. The molecule has 84 valence electrons. The van der Waals surface area contributed by atoms with E-state index in [0.717, 1.165) is 6.42 Å². The van der Waals surface area contributed by atoms with Crippen LogP contribution in [0.25, 0.3) is 17.2 Å². The Morgan fingerprint density at radius 1 is 1.06 bits per heavy atom. The highest BCUT2D eigenvalue weighted by Gasteiger charge is 2.13. The molecule has 0 aromatic heterocycles. The molecule has 0 N–H and O–H groups in total. The lowest BCUT2D eigenvalue weighted by Gasteiger charge is -2.08. The lowest BCUT2D eigenvalue weighted by Crippen LogP contribution is -1.87. The maximum atomic E-state index is 3.68. The van der Waals surface area contributed by atoms with Crippen molar-refractivity contribution >= 4 is 22.0 Å². The van der Waals surface area contributed by atoms with E-state index in [1.807, 2.05) is 0 Å². The molecule has 1 aliphatic rings. The number of rotatable bonds is 1. The van der Waals surface area contributed by atoms with E-state index in [2.05, 4.69) is 71.4 Å². The normalized spacial score (nSPS) is 13.4. The van der Waals surface area contributed by atoms with Gasteiger partial charge in [-0.05, 0) is 47.7 Å². The summed E-state index contributed by atoms with van der Waals surface area (Å²) in [5, 5.41) is 0. The molecule has 2 aromatic rings. The summed E-state index contributed by atoms with van der Waals surface area (Å²) in [5.74, 6) is 0. The molecule has 0 atom stereocenters. The van der Waals surface area contributed by atoms with Crippen LogP contribution in [0.4, 0.5) is 0 Å². The molecule has 0 saturated carbocycles. The van der Waals surface area contributed by atoms with Crippen LogP contribution in [-0.4, -0.2) is 0 Å². The van der Waals surface area contributed by atoms with E-state index in [1.165, 1.54) is 32.3 Å². The quantitative estimate of drug-likeness (QED) is 0.685. The van der Waals surface area contributed by atoms with Crippen LogP contribution in [-0.2, 0) is 6.42 Å². The molecule has 3 rings (SSSR count). The number of hydrogen-bond donors (Lipinski definition) is 0. The summed E-state index contributed by atoms with van der Waals surface area (Å²) in [5.41, 5.74) is 6.79. The van der Waals surface area contributed by atoms with Gasteiger partial charge in [0.15, 0.2) is 0 Å². The third-order valence-corrected chi connectivity index (χ3v) is 3.84. The first-order chi connectivity index (χ1) is 8.24. The summed E-state index contributed by atoms with van der Waals surface area (Å²) < 4.78 is 1.17. The van der Waals surface area contributed by atoms with E-state index in [1.54, 1.807) is 0 Å². The Morgan fingerprint density at radius 2 is 1.82 bits per heavy atom. The zero-order valence-electron chi connectivity index (χ0n) is 9.70. The van der Waals surface area contributed by atoms with E-state index in [4.69, 9.17) is 0 Å². The van der Waals surface area contributed by atoms with Crippen molar-refractivity contribution in [3.8, 4) is 11.1 Å². The average molecular weight is 285 g/mol. The Morgan fingerprint density at radius 3 is 2.59 bits per heavy atom. The van der Waals surface area contributed by atoms with Crippen LogP contribution in [0.5, 0.6) is 0 Å². The summed E-state index contributed by atoms with van der Waals surface area (Å²) in [4.78, 5) is 0. The molecule has 2 aromatic carbocycles. The Bertz CT molecular complexity index is 594. The Kier molecular flexibility index (Phi) is 2.64. The van der Waals surface area contributed by atoms with Crippen molar-refractivity contribution in [2.45, 2.75) is 13.3 Å². The standard InChI is InChI=1S/C16H13Br/c1-11-7-13-9-15(12-5-3-2-4-6-12)16(17)10-14(13)8-11/h2-6,8-10H,7H2,1H3. The van der Waals surface area contributed by atoms with E-state index in [9.17, 15) is 0 Å². The van der Waals surface area contributed by atoms with Gasteiger partial charge in [-0.15, -0.1) is 0 Å². The minimum Gasteiger partial charge on any atom is -0.0683 e. The van der Waals surface area contributed by atoms with Gasteiger partial charge in [0.1, 0.15) is 0 Å². The molecule has 0 bridgehead atoms. The van der Waals surface area contributed by atoms with Gasteiger partial charge < -0.3 is 0 Å². The summed E-state index contributed by atoms with van der Waals surface area (Å²) >= 11 is 3.68. The predicted molar refractivity (Wildman–Crippen MR) is 76.9 cm³/mol. The minimum absolute atomic E-state index is 1.09. The molecule has 0 heterocycles. The summed E-state index contributed by atoms with van der Waals surface area (Å²) in [6.07, 6.45) is 3.36. The van der Waals surface area contributed by atoms with Gasteiger partial charge in [0.25, 0.3) is 0 Å². The van der Waals surface area contributed by atoms with E-state index in [0.29, 0.717) is 0 Å². The van der Waals surface area contributed by atoms with Crippen LogP contribution >= 0.6 is 15.9 Å². The zero-order valence-corrected chi connectivity index (χ0v) is 11.3. The summed E-state index contributed by atoms with van der Waals surface area (Å²) in [6, 6.07) is 15.1. The molecule has 0 fully saturated rings. The molecule has 0 saturated heterocycles. The Balaban J connectivity index is 2.14. The largest absolute Gasteiger partial charge is 0.0683 e. The molecule has 1 heteroatoms. The van der Waals surface area contributed by atoms with Crippen molar-refractivity contribution in [3.63, 3.8) is 0 Å². The van der Waals surface area contributed by atoms with Crippen molar-refractivity contribution < 1.29 is 0 Å². The third kappa shape index (κ3) is 1.96. The van der Waals surface area contributed by atoms with Crippen LogP contribution in [0.1, 0.15) is 18.1 Å². The van der Waals surface area contributed by atoms with Gasteiger partial charge >= 0.3 is 0 Å². The molecular formula is C16H13Br. The minimum atomic E-state index is 1.09. The highest BCUT2D eigenvalue weighted by molar-refractivity contribution is 9.10. The molecule has 0 spiro atoms. The first-order valence-corrected chi connectivity index (χ1v) is 6.58. The van der Waals surface area contributed by atoms with Crippen molar-refractivity contribution in [2.75, 3.05) is 0 Å². The van der Waals surface area contributed by atoms with Crippen LogP contribution in [0.3, 0.4) is 0 Å². The van der Waals surface area contributed by atoms with Gasteiger partial charge in [0.2, 0.25) is 0 Å². The van der Waals surface area contributed by atoms with Gasteiger partial charge in [0, 0.05) is 4.47 Å². The van der Waals surface area contributed by atoms with E-state index in [-0.39, 0.29) is 0 Å². The lowest BCUT2D eigenvalue weighted by molar-refractivity contribution is 1.19. The number of fused-ring (bicyclic) bond motifs is 1. The van der Waals surface area contributed by atoms with Crippen LogP contribution < -0.4 is 0 Å². The van der Waals surface area contributed by atoms with Crippen LogP contribution in [0, 0.1) is 0 Å². The molecular weight excluding hydrogens is 272 g/mol. The maximum absolute atomic E-state index is 3.68. The number of hydrogen-bond acceptors (Lipinski definition) is 0. The average Bonchev–Trinajstić information content (AvgIpc) is 2.68. The van der Waals surface area contributed by atoms with Gasteiger partial charge in [-0.2, -0.15) is 0 Å². The Hall–Kier alpha value is -1.34. The van der Waals surface area contributed by atoms with Gasteiger partial charge in [-0.1, -0.05) is 57.9 Å². The van der Waals surface area contributed by atoms with Crippen molar-refractivity contribution in [3.05, 3.63) is 63.6 Å². The molecule has 0 unspecified atom stereocenters. The molecule has 17 heavy (non-hydrogen) atoms. The molecule has 1 aliphatic carbocycles. The fourth-order valence-corrected chi connectivity index (χ4v) is 2.97. The van der Waals surface area contributed by atoms with E-state index >= 15 is 0 Å². The van der Waals surface area contributed by atoms with Crippen LogP contribution in [0.2, 0.25) is 0 Å². The number of benzene rings is 2.